The summed E-state index contributed by atoms with van der Waals surface area (Å²) in [5.41, 5.74) is 3.58. The molecule has 0 atom stereocenters. The molecule has 0 bridgehead atoms. The van der Waals surface area contributed by atoms with E-state index in [1.165, 1.54) is 4.90 Å². The second kappa shape index (κ2) is 6.69. The number of aromatic nitrogens is 2. The van der Waals surface area contributed by atoms with Crippen molar-refractivity contribution in [3.63, 3.8) is 0 Å². The van der Waals surface area contributed by atoms with Crippen LogP contribution in [-0.2, 0) is 11.2 Å². The molecule has 0 spiro atoms. The number of hydrogen-bond donors (Lipinski definition) is 2. The third-order valence-electron chi connectivity index (χ3n) is 3.56. The molecule has 6 heteroatoms. The van der Waals surface area contributed by atoms with Gasteiger partial charge in [0.05, 0.1) is 31.0 Å². The fraction of sp³-hybridized carbons (Fsp3) is 0.467. The first-order valence-corrected chi connectivity index (χ1v) is 7.01. The predicted octanol–water partition coefficient (Wildman–Crippen LogP) is 0.307. The summed E-state index contributed by atoms with van der Waals surface area (Å²) in [6.45, 7) is 4.10. The van der Waals surface area contributed by atoms with Gasteiger partial charge in [-0.15, -0.1) is 0 Å². The number of amides is 1. The van der Waals surface area contributed by atoms with Crippen molar-refractivity contribution < 1.29 is 15.0 Å². The summed E-state index contributed by atoms with van der Waals surface area (Å²) >= 11 is 0. The van der Waals surface area contributed by atoms with Crippen molar-refractivity contribution in [1.82, 2.24) is 14.3 Å². The molecule has 0 saturated heterocycles. The number of nitrogens with zero attached hydrogens (tertiary/aromatic N) is 3. The van der Waals surface area contributed by atoms with Crippen LogP contribution in [0.2, 0.25) is 0 Å². The Labute approximate surface area is 123 Å². The first-order chi connectivity index (χ1) is 10.1. The Hall–Kier alpha value is -1.92. The molecule has 2 aromatic heterocycles. The average Bonchev–Trinajstić information content (AvgIpc) is 2.77. The Morgan fingerprint density at radius 3 is 2.57 bits per heavy atom. The lowest BCUT2D eigenvalue weighted by atomic mass is 10.2. The molecule has 6 nitrogen and oxygen atoms in total. The quantitative estimate of drug-likeness (QED) is 0.803. The zero-order valence-corrected chi connectivity index (χ0v) is 12.4. The molecule has 2 rings (SSSR count). The summed E-state index contributed by atoms with van der Waals surface area (Å²) < 4.78 is 1.93. The lowest BCUT2D eigenvalue weighted by molar-refractivity contribution is -0.131. The molecule has 0 unspecified atom stereocenters. The molecule has 0 aromatic carbocycles. The minimum atomic E-state index is -0.121. The highest BCUT2D eigenvalue weighted by Gasteiger charge is 2.18. The van der Waals surface area contributed by atoms with Crippen molar-refractivity contribution in [3.8, 4) is 0 Å². The van der Waals surface area contributed by atoms with E-state index in [9.17, 15) is 4.79 Å². The van der Waals surface area contributed by atoms with E-state index in [4.69, 9.17) is 10.2 Å². The van der Waals surface area contributed by atoms with Crippen LogP contribution in [0.3, 0.4) is 0 Å². The summed E-state index contributed by atoms with van der Waals surface area (Å²) in [6, 6.07) is 3.91. The van der Waals surface area contributed by atoms with E-state index in [0.29, 0.717) is 0 Å². The lowest BCUT2D eigenvalue weighted by Crippen LogP contribution is -2.37. The number of aryl methyl sites for hydroxylation is 2. The number of aliphatic hydroxyl groups excluding tert-OH is 2. The molecule has 0 saturated carbocycles. The predicted molar refractivity (Wildman–Crippen MR) is 79.1 cm³/mol. The minimum absolute atomic E-state index is 0.114. The van der Waals surface area contributed by atoms with Crippen LogP contribution in [-0.4, -0.2) is 56.7 Å². The van der Waals surface area contributed by atoms with Crippen molar-refractivity contribution >= 4 is 11.6 Å². The van der Waals surface area contributed by atoms with E-state index < -0.39 is 0 Å². The van der Waals surface area contributed by atoms with Crippen LogP contribution in [0.15, 0.2) is 18.3 Å². The SMILES string of the molecule is Cc1nc2c(C)cccn2c1CC(=O)N(CCO)CCO. The number of pyridine rings is 1. The van der Waals surface area contributed by atoms with Crippen LogP contribution in [0, 0.1) is 13.8 Å². The first kappa shape index (κ1) is 15.5. The number of rotatable bonds is 6. The molecule has 0 aliphatic heterocycles. The van der Waals surface area contributed by atoms with Crippen molar-refractivity contribution in [2.24, 2.45) is 0 Å². The topological polar surface area (TPSA) is 78.1 Å². The summed E-state index contributed by atoms with van der Waals surface area (Å²) in [5.74, 6) is -0.121. The van der Waals surface area contributed by atoms with Gasteiger partial charge in [0.15, 0.2) is 0 Å². The molecule has 0 aliphatic rings. The molecule has 21 heavy (non-hydrogen) atoms. The van der Waals surface area contributed by atoms with E-state index in [-0.39, 0.29) is 38.6 Å². The van der Waals surface area contributed by atoms with Crippen LogP contribution in [0.25, 0.3) is 5.65 Å². The van der Waals surface area contributed by atoms with Gasteiger partial charge in [-0.3, -0.25) is 4.79 Å². The monoisotopic (exact) mass is 291 g/mol. The Kier molecular flexibility index (Phi) is 4.93. The highest BCUT2D eigenvalue weighted by Crippen LogP contribution is 2.16. The Bertz CT molecular complexity index is 630. The van der Waals surface area contributed by atoms with Gasteiger partial charge in [-0.2, -0.15) is 0 Å². The fourth-order valence-electron chi connectivity index (χ4n) is 2.44. The molecule has 2 N–H and O–H groups in total. The Balaban J connectivity index is 2.28. The smallest absolute Gasteiger partial charge is 0.228 e. The van der Waals surface area contributed by atoms with Crippen molar-refractivity contribution in [1.29, 1.82) is 0 Å². The van der Waals surface area contributed by atoms with Gasteiger partial charge in [-0.25, -0.2) is 4.98 Å². The molecule has 114 valence electrons. The van der Waals surface area contributed by atoms with Gasteiger partial charge in [0.25, 0.3) is 0 Å². The summed E-state index contributed by atoms with van der Waals surface area (Å²) in [6.07, 6.45) is 2.10. The number of fused-ring (bicyclic) bond motifs is 1. The first-order valence-electron chi connectivity index (χ1n) is 7.01. The Morgan fingerprint density at radius 2 is 1.95 bits per heavy atom. The van der Waals surface area contributed by atoms with Gasteiger partial charge < -0.3 is 19.5 Å². The fourth-order valence-corrected chi connectivity index (χ4v) is 2.44. The second-order valence-corrected chi connectivity index (χ2v) is 5.03. The average molecular weight is 291 g/mol. The normalized spacial score (nSPS) is 11.0. The van der Waals surface area contributed by atoms with Crippen LogP contribution in [0.1, 0.15) is 17.0 Å². The van der Waals surface area contributed by atoms with E-state index in [0.717, 1.165) is 22.6 Å². The van der Waals surface area contributed by atoms with Crippen molar-refractivity contribution in [2.45, 2.75) is 20.3 Å². The molecular formula is C15H21N3O3. The van der Waals surface area contributed by atoms with Gasteiger partial charge in [-0.1, -0.05) is 6.07 Å². The number of hydrogen-bond acceptors (Lipinski definition) is 4. The summed E-state index contributed by atoms with van der Waals surface area (Å²) in [4.78, 5) is 18.3. The molecule has 0 radical (unpaired) electrons. The summed E-state index contributed by atoms with van der Waals surface area (Å²) in [5, 5.41) is 18.0. The van der Waals surface area contributed by atoms with Crippen LogP contribution < -0.4 is 0 Å². The lowest BCUT2D eigenvalue weighted by Gasteiger charge is -2.20. The third-order valence-corrected chi connectivity index (χ3v) is 3.56. The molecule has 1 amide bonds. The van der Waals surface area contributed by atoms with Gasteiger partial charge in [0.2, 0.25) is 5.91 Å². The molecule has 0 fully saturated rings. The van der Waals surface area contributed by atoms with Crippen LogP contribution >= 0.6 is 0 Å². The molecule has 2 heterocycles. The van der Waals surface area contributed by atoms with E-state index >= 15 is 0 Å². The van der Waals surface area contributed by atoms with Crippen molar-refractivity contribution in [2.75, 3.05) is 26.3 Å². The maximum Gasteiger partial charge on any atom is 0.228 e. The van der Waals surface area contributed by atoms with Gasteiger partial charge in [0, 0.05) is 19.3 Å². The van der Waals surface area contributed by atoms with Crippen molar-refractivity contribution in [3.05, 3.63) is 35.3 Å². The maximum absolute atomic E-state index is 12.3. The zero-order valence-electron chi connectivity index (χ0n) is 12.4. The van der Waals surface area contributed by atoms with Gasteiger partial charge >= 0.3 is 0 Å². The maximum atomic E-state index is 12.3. The second-order valence-electron chi connectivity index (χ2n) is 5.03. The van der Waals surface area contributed by atoms with Gasteiger partial charge in [0.1, 0.15) is 5.65 Å². The number of aliphatic hydroxyl groups is 2. The summed E-state index contributed by atoms with van der Waals surface area (Å²) in [7, 11) is 0. The van der Waals surface area contributed by atoms with Gasteiger partial charge in [-0.05, 0) is 25.5 Å². The molecule has 0 aliphatic carbocycles. The zero-order chi connectivity index (χ0) is 15.4. The van der Waals surface area contributed by atoms with E-state index in [2.05, 4.69) is 4.98 Å². The van der Waals surface area contributed by atoms with E-state index in [1.54, 1.807) is 0 Å². The number of imidazole rings is 1. The minimum Gasteiger partial charge on any atom is -0.395 e. The Morgan fingerprint density at radius 1 is 1.29 bits per heavy atom. The molecule has 2 aromatic rings. The number of carbonyl (C=O) groups is 1. The third kappa shape index (κ3) is 3.22. The van der Waals surface area contributed by atoms with Crippen LogP contribution in [0.5, 0.6) is 0 Å². The van der Waals surface area contributed by atoms with E-state index in [1.807, 2.05) is 36.6 Å². The standard InChI is InChI=1S/C15H21N3O3/c1-11-4-3-5-18-13(12(2)16-15(11)18)10-14(21)17(6-8-19)7-9-20/h3-5,19-20H,6-10H2,1-2H3. The van der Waals surface area contributed by atoms with Crippen LogP contribution in [0.4, 0.5) is 0 Å². The highest BCUT2D eigenvalue weighted by atomic mass is 16.3. The highest BCUT2D eigenvalue weighted by molar-refractivity contribution is 5.79. The molecular weight excluding hydrogens is 270 g/mol. The number of carbonyl (C=O) groups excluding carboxylic acids is 1. The largest absolute Gasteiger partial charge is 0.395 e.